The van der Waals surface area contributed by atoms with Crippen molar-refractivity contribution < 1.29 is 14.3 Å². The van der Waals surface area contributed by atoms with E-state index >= 15 is 0 Å². The number of carbonyl (C=O) groups is 1. The standard InChI is InChI=1S/C19H29N3O3.2ClH/c1-14-12-22(7-9-24-14)13-17-5-3-4-16(10-17)11-21-19(23)18-15(2)25-8-6-20-18;;/h3-5,10,14-15,18,20H,6-9,11-13H2,1-2H3,(H,21,23);2*1H/t14?,15-,18+;;/m1../s1. The Hall–Kier alpha value is -0.890. The van der Waals surface area contributed by atoms with Crippen LogP contribution >= 0.6 is 24.8 Å². The van der Waals surface area contributed by atoms with Crippen molar-refractivity contribution in [1.29, 1.82) is 0 Å². The molecule has 2 heterocycles. The third-order valence-corrected chi connectivity index (χ3v) is 4.79. The molecule has 1 aromatic rings. The number of amides is 1. The Morgan fingerprint density at radius 1 is 1.22 bits per heavy atom. The number of hydrogen-bond acceptors (Lipinski definition) is 5. The molecule has 0 aromatic heterocycles. The second-order valence-corrected chi connectivity index (χ2v) is 6.96. The summed E-state index contributed by atoms with van der Waals surface area (Å²) in [5, 5.41) is 6.24. The molecular formula is C19H31Cl2N3O3. The normalized spacial score (nSPS) is 25.8. The molecule has 27 heavy (non-hydrogen) atoms. The number of nitrogens with one attached hydrogen (secondary N) is 2. The first kappa shape index (κ1) is 24.1. The average Bonchev–Trinajstić information content (AvgIpc) is 2.60. The van der Waals surface area contributed by atoms with Gasteiger partial charge >= 0.3 is 0 Å². The van der Waals surface area contributed by atoms with Crippen LogP contribution in [-0.4, -0.2) is 61.9 Å². The lowest BCUT2D eigenvalue weighted by Crippen LogP contribution is -2.55. The predicted molar refractivity (Wildman–Crippen MR) is 111 cm³/mol. The van der Waals surface area contributed by atoms with Gasteiger partial charge in [-0.25, -0.2) is 0 Å². The van der Waals surface area contributed by atoms with Crippen LogP contribution in [0.4, 0.5) is 0 Å². The van der Waals surface area contributed by atoms with E-state index in [-0.39, 0.29) is 42.9 Å². The van der Waals surface area contributed by atoms with Gasteiger partial charge in [-0.15, -0.1) is 24.8 Å². The van der Waals surface area contributed by atoms with Gasteiger partial charge in [0.25, 0.3) is 0 Å². The molecule has 154 valence electrons. The molecule has 6 nitrogen and oxygen atoms in total. The molecular weight excluding hydrogens is 389 g/mol. The zero-order valence-electron chi connectivity index (χ0n) is 16.0. The largest absolute Gasteiger partial charge is 0.376 e. The molecule has 1 unspecified atom stereocenters. The summed E-state index contributed by atoms with van der Waals surface area (Å²) in [4.78, 5) is 14.8. The number of rotatable bonds is 5. The molecule has 2 fully saturated rings. The molecule has 1 amide bonds. The second kappa shape index (κ2) is 11.8. The number of benzene rings is 1. The minimum atomic E-state index is -0.272. The van der Waals surface area contributed by atoms with Crippen LogP contribution in [0.5, 0.6) is 0 Å². The fourth-order valence-corrected chi connectivity index (χ4v) is 3.46. The summed E-state index contributed by atoms with van der Waals surface area (Å²) in [6, 6.07) is 8.16. The van der Waals surface area contributed by atoms with Crippen LogP contribution in [0.1, 0.15) is 25.0 Å². The first-order chi connectivity index (χ1) is 12.1. The molecule has 3 rings (SSSR count). The average molecular weight is 420 g/mol. The van der Waals surface area contributed by atoms with Gasteiger partial charge in [0, 0.05) is 32.7 Å². The molecule has 0 spiro atoms. The van der Waals surface area contributed by atoms with E-state index in [1.54, 1.807) is 0 Å². The van der Waals surface area contributed by atoms with Crippen molar-refractivity contribution in [2.45, 2.75) is 45.2 Å². The number of carbonyl (C=O) groups excluding carboxylic acids is 1. The van der Waals surface area contributed by atoms with E-state index in [9.17, 15) is 4.79 Å². The van der Waals surface area contributed by atoms with Gasteiger partial charge in [-0.3, -0.25) is 9.69 Å². The predicted octanol–water partition coefficient (Wildman–Crippen LogP) is 1.74. The van der Waals surface area contributed by atoms with Crippen LogP contribution in [0, 0.1) is 0 Å². The van der Waals surface area contributed by atoms with E-state index in [0.29, 0.717) is 19.3 Å². The summed E-state index contributed by atoms with van der Waals surface area (Å²) in [5.41, 5.74) is 2.39. The lowest BCUT2D eigenvalue weighted by molar-refractivity contribution is -0.129. The second-order valence-electron chi connectivity index (χ2n) is 6.96. The molecule has 3 atom stereocenters. The van der Waals surface area contributed by atoms with Gasteiger partial charge in [-0.1, -0.05) is 24.3 Å². The quantitative estimate of drug-likeness (QED) is 0.760. The fourth-order valence-electron chi connectivity index (χ4n) is 3.46. The minimum absolute atomic E-state index is 0. The Balaban J connectivity index is 0.00000182. The Kier molecular flexibility index (Phi) is 10.6. The first-order valence-corrected chi connectivity index (χ1v) is 9.16. The van der Waals surface area contributed by atoms with Crippen LogP contribution in [0.25, 0.3) is 0 Å². The summed E-state index contributed by atoms with van der Waals surface area (Å²) in [6.07, 6.45) is 0.201. The fraction of sp³-hybridized carbons (Fsp3) is 0.632. The van der Waals surface area contributed by atoms with Crippen LogP contribution in [0.2, 0.25) is 0 Å². The Morgan fingerprint density at radius 3 is 2.74 bits per heavy atom. The van der Waals surface area contributed by atoms with Crippen molar-refractivity contribution >= 4 is 30.7 Å². The highest BCUT2D eigenvalue weighted by molar-refractivity contribution is 5.85. The van der Waals surface area contributed by atoms with Gasteiger partial charge < -0.3 is 20.1 Å². The minimum Gasteiger partial charge on any atom is -0.376 e. The third kappa shape index (κ3) is 7.22. The smallest absolute Gasteiger partial charge is 0.240 e. The van der Waals surface area contributed by atoms with Crippen LogP contribution in [-0.2, 0) is 27.4 Å². The topological polar surface area (TPSA) is 62.8 Å². The van der Waals surface area contributed by atoms with Crippen LogP contribution in [0.15, 0.2) is 24.3 Å². The molecule has 0 radical (unpaired) electrons. The summed E-state index contributed by atoms with van der Waals surface area (Å²) < 4.78 is 11.1. The lowest BCUT2D eigenvalue weighted by Gasteiger charge is -2.31. The Bertz CT molecular complexity index is 591. The van der Waals surface area contributed by atoms with E-state index in [1.165, 1.54) is 5.56 Å². The van der Waals surface area contributed by atoms with Crippen molar-refractivity contribution in [3.8, 4) is 0 Å². The molecule has 2 aliphatic heterocycles. The van der Waals surface area contributed by atoms with E-state index in [4.69, 9.17) is 9.47 Å². The molecule has 2 aliphatic rings. The number of nitrogens with zero attached hydrogens (tertiary/aromatic N) is 1. The molecule has 8 heteroatoms. The number of ether oxygens (including phenoxy) is 2. The SMILES string of the molecule is CC1CN(Cc2cccc(CNC(=O)[C@H]3NCCO[C@@H]3C)c2)CCO1.Cl.Cl. The van der Waals surface area contributed by atoms with Gasteiger partial charge in [0.15, 0.2) is 0 Å². The van der Waals surface area contributed by atoms with Crippen molar-refractivity contribution in [3.05, 3.63) is 35.4 Å². The monoisotopic (exact) mass is 419 g/mol. The Morgan fingerprint density at radius 2 is 2.00 bits per heavy atom. The first-order valence-electron chi connectivity index (χ1n) is 9.16. The van der Waals surface area contributed by atoms with Crippen LogP contribution in [0.3, 0.4) is 0 Å². The molecule has 2 saturated heterocycles. The summed E-state index contributed by atoms with van der Waals surface area (Å²) in [7, 11) is 0. The zero-order valence-corrected chi connectivity index (χ0v) is 17.6. The summed E-state index contributed by atoms with van der Waals surface area (Å²) in [6.45, 7) is 9.61. The van der Waals surface area contributed by atoms with Crippen molar-refractivity contribution in [3.63, 3.8) is 0 Å². The highest BCUT2D eigenvalue weighted by Crippen LogP contribution is 2.12. The maximum atomic E-state index is 12.3. The number of halogens is 2. The maximum Gasteiger partial charge on any atom is 0.240 e. The maximum absolute atomic E-state index is 12.3. The number of morpholine rings is 2. The van der Waals surface area contributed by atoms with Crippen LogP contribution < -0.4 is 10.6 Å². The van der Waals surface area contributed by atoms with Gasteiger partial charge in [0.2, 0.25) is 5.91 Å². The van der Waals surface area contributed by atoms with Gasteiger partial charge in [0.1, 0.15) is 6.04 Å². The number of hydrogen-bond donors (Lipinski definition) is 2. The van der Waals surface area contributed by atoms with Gasteiger partial charge in [0.05, 0.1) is 25.4 Å². The van der Waals surface area contributed by atoms with Crippen molar-refractivity contribution in [2.24, 2.45) is 0 Å². The molecule has 0 bridgehead atoms. The van der Waals surface area contributed by atoms with Crippen molar-refractivity contribution in [2.75, 3.05) is 32.8 Å². The molecule has 0 saturated carbocycles. The molecule has 1 aromatic carbocycles. The van der Waals surface area contributed by atoms with Crippen molar-refractivity contribution in [1.82, 2.24) is 15.5 Å². The van der Waals surface area contributed by atoms with E-state index in [0.717, 1.165) is 38.3 Å². The molecule has 2 N–H and O–H groups in total. The van der Waals surface area contributed by atoms with E-state index in [2.05, 4.69) is 46.7 Å². The highest BCUT2D eigenvalue weighted by atomic mass is 35.5. The van der Waals surface area contributed by atoms with Gasteiger partial charge in [-0.05, 0) is 25.0 Å². The third-order valence-electron chi connectivity index (χ3n) is 4.79. The zero-order chi connectivity index (χ0) is 17.6. The van der Waals surface area contributed by atoms with E-state index in [1.807, 2.05) is 6.92 Å². The van der Waals surface area contributed by atoms with E-state index < -0.39 is 0 Å². The lowest BCUT2D eigenvalue weighted by atomic mass is 10.1. The molecule has 0 aliphatic carbocycles. The summed E-state index contributed by atoms with van der Waals surface area (Å²) >= 11 is 0. The van der Waals surface area contributed by atoms with Gasteiger partial charge in [-0.2, -0.15) is 0 Å². The Labute approximate surface area is 174 Å². The summed E-state index contributed by atoms with van der Waals surface area (Å²) in [5.74, 6) is -0.000364. The highest BCUT2D eigenvalue weighted by Gasteiger charge is 2.27.